The summed E-state index contributed by atoms with van der Waals surface area (Å²) in [6.07, 6.45) is 0. The fraction of sp³-hybridized carbons (Fsp3) is 0.214. The van der Waals surface area contributed by atoms with Gasteiger partial charge >= 0.3 is 5.76 Å². The molecule has 0 aliphatic rings. The van der Waals surface area contributed by atoms with Gasteiger partial charge in [-0.1, -0.05) is 28.0 Å². The minimum Gasteiger partial charge on any atom is -0.295 e. The number of carbonyl (C=O) groups is 1. The summed E-state index contributed by atoms with van der Waals surface area (Å²) in [6.45, 7) is 3.73. The van der Waals surface area contributed by atoms with Crippen LogP contribution < -0.4 is 5.76 Å². The van der Waals surface area contributed by atoms with E-state index in [1.54, 1.807) is 36.6 Å². The fourth-order valence-corrected chi connectivity index (χ4v) is 2.47. The van der Waals surface area contributed by atoms with Gasteiger partial charge < -0.3 is 0 Å². The molecule has 110 valence electrons. The fourth-order valence-electron chi connectivity index (χ4n) is 1.69. The van der Waals surface area contributed by atoms with Gasteiger partial charge in [-0.15, -0.1) is 11.8 Å². The molecule has 0 amide bonds. The summed E-state index contributed by atoms with van der Waals surface area (Å²) in [5.41, 5.74) is 1.05. The van der Waals surface area contributed by atoms with Gasteiger partial charge in [-0.25, -0.2) is 9.36 Å². The average Bonchev–Trinajstić information content (AvgIpc) is 2.86. The van der Waals surface area contributed by atoms with E-state index in [-0.39, 0.29) is 11.6 Å². The van der Waals surface area contributed by atoms with Crippen molar-refractivity contribution in [1.82, 2.24) is 9.72 Å². The first kappa shape index (κ1) is 15.8. The largest absolute Gasteiger partial charge is 0.446 e. The van der Waals surface area contributed by atoms with Crippen molar-refractivity contribution in [1.29, 1.82) is 0 Å². The maximum Gasteiger partial charge on any atom is 0.446 e. The van der Waals surface area contributed by atoms with E-state index in [0.29, 0.717) is 11.3 Å². The Kier molecular flexibility index (Phi) is 5.19. The summed E-state index contributed by atoms with van der Waals surface area (Å²) in [6, 6.07) is 6.84. The standard InChI is InChI=1S/C14H13BrN2O3S/c1-3-21-8-9(2)17-13(16-20-14(17)19)12(18)10-4-6-11(15)7-5-10/h4-8H,3H2,1-2H3/b9-8-. The Morgan fingerprint density at radius 1 is 1.43 bits per heavy atom. The van der Waals surface area contributed by atoms with E-state index in [0.717, 1.165) is 10.2 Å². The normalized spacial score (nSPS) is 11.7. The molecule has 0 saturated carbocycles. The Hall–Kier alpha value is -1.60. The highest BCUT2D eigenvalue weighted by Crippen LogP contribution is 2.16. The van der Waals surface area contributed by atoms with Crippen molar-refractivity contribution < 1.29 is 9.32 Å². The highest BCUT2D eigenvalue weighted by atomic mass is 79.9. The lowest BCUT2D eigenvalue weighted by Crippen LogP contribution is -2.18. The van der Waals surface area contributed by atoms with Crippen LogP contribution in [0.1, 0.15) is 30.0 Å². The molecule has 0 atom stereocenters. The van der Waals surface area contributed by atoms with Crippen LogP contribution in [0.15, 0.2) is 43.5 Å². The van der Waals surface area contributed by atoms with E-state index in [4.69, 9.17) is 0 Å². The summed E-state index contributed by atoms with van der Waals surface area (Å²) in [5, 5.41) is 5.41. The molecule has 2 aromatic rings. The van der Waals surface area contributed by atoms with Crippen molar-refractivity contribution in [3.63, 3.8) is 0 Å². The Balaban J connectivity index is 2.43. The maximum absolute atomic E-state index is 12.4. The lowest BCUT2D eigenvalue weighted by Gasteiger charge is -2.04. The molecule has 0 aliphatic carbocycles. The molecule has 0 unspecified atom stereocenters. The van der Waals surface area contributed by atoms with Crippen LogP contribution in [0.4, 0.5) is 0 Å². The second-order valence-electron chi connectivity index (χ2n) is 4.16. The van der Waals surface area contributed by atoms with Crippen LogP contribution in [0.3, 0.4) is 0 Å². The van der Waals surface area contributed by atoms with E-state index in [9.17, 15) is 9.59 Å². The minimum atomic E-state index is -0.666. The summed E-state index contributed by atoms with van der Waals surface area (Å²) in [5.74, 6) is -0.177. The first-order valence-corrected chi connectivity index (χ1v) is 8.06. The summed E-state index contributed by atoms with van der Waals surface area (Å²) < 4.78 is 6.70. The van der Waals surface area contributed by atoms with Crippen molar-refractivity contribution in [2.45, 2.75) is 13.8 Å². The second-order valence-corrected chi connectivity index (χ2v) is 6.22. The van der Waals surface area contributed by atoms with E-state index in [2.05, 4.69) is 25.6 Å². The molecule has 1 aromatic heterocycles. The van der Waals surface area contributed by atoms with Gasteiger partial charge in [0.15, 0.2) is 0 Å². The lowest BCUT2D eigenvalue weighted by atomic mass is 10.1. The molecule has 0 aliphatic heterocycles. The highest BCUT2D eigenvalue weighted by molar-refractivity contribution is 9.10. The average molecular weight is 369 g/mol. The summed E-state index contributed by atoms with van der Waals surface area (Å²) in [4.78, 5) is 24.2. The number of thioether (sulfide) groups is 1. The molecule has 0 fully saturated rings. The zero-order valence-electron chi connectivity index (χ0n) is 11.5. The molecule has 1 heterocycles. The van der Waals surface area contributed by atoms with Crippen molar-refractivity contribution >= 4 is 39.2 Å². The van der Waals surface area contributed by atoms with Gasteiger partial charge in [0, 0.05) is 15.7 Å². The van der Waals surface area contributed by atoms with Crippen LogP contribution in [-0.4, -0.2) is 21.3 Å². The number of hydrogen-bond acceptors (Lipinski definition) is 5. The molecule has 21 heavy (non-hydrogen) atoms. The van der Waals surface area contributed by atoms with Gasteiger partial charge in [0.2, 0.25) is 11.6 Å². The SMILES string of the molecule is CCS/C=C(/C)n1c(C(=O)c2ccc(Br)cc2)noc1=O. The molecule has 0 bridgehead atoms. The van der Waals surface area contributed by atoms with Crippen LogP contribution in [0.5, 0.6) is 0 Å². The van der Waals surface area contributed by atoms with Crippen molar-refractivity contribution in [2.75, 3.05) is 5.75 Å². The first-order chi connectivity index (χ1) is 10.0. The van der Waals surface area contributed by atoms with Crippen LogP contribution in [0, 0.1) is 0 Å². The first-order valence-electron chi connectivity index (χ1n) is 6.22. The van der Waals surface area contributed by atoms with Crippen LogP contribution in [0.25, 0.3) is 5.70 Å². The summed E-state index contributed by atoms with van der Waals surface area (Å²) in [7, 11) is 0. The number of nitrogens with zero attached hydrogens (tertiary/aromatic N) is 2. The number of allylic oxidation sites excluding steroid dienone is 1. The highest BCUT2D eigenvalue weighted by Gasteiger charge is 2.21. The number of ketones is 1. The number of aromatic nitrogens is 2. The molecule has 7 heteroatoms. The van der Waals surface area contributed by atoms with Crippen LogP contribution >= 0.6 is 27.7 Å². The molecule has 0 spiro atoms. The molecule has 2 rings (SSSR count). The minimum absolute atomic E-state index is 0.0206. The molecular weight excluding hydrogens is 356 g/mol. The molecule has 0 N–H and O–H groups in total. The van der Waals surface area contributed by atoms with Crippen molar-refractivity contribution in [3.05, 3.63) is 56.1 Å². The van der Waals surface area contributed by atoms with Gasteiger partial charge in [0.25, 0.3) is 0 Å². The zero-order chi connectivity index (χ0) is 15.4. The Bertz CT molecular complexity index is 731. The maximum atomic E-state index is 12.4. The zero-order valence-corrected chi connectivity index (χ0v) is 13.9. The van der Waals surface area contributed by atoms with Gasteiger partial charge in [-0.3, -0.25) is 9.32 Å². The predicted octanol–water partition coefficient (Wildman–Crippen LogP) is 3.40. The van der Waals surface area contributed by atoms with Gasteiger partial charge in [0.05, 0.1) is 0 Å². The number of hydrogen-bond donors (Lipinski definition) is 0. The van der Waals surface area contributed by atoms with Gasteiger partial charge in [-0.05, 0) is 42.4 Å². The van der Waals surface area contributed by atoms with E-state index in [1.807, 2.05) is 6.92 Å². The van der Waals surface area contributed by atoms with Gasteiger partial charge in [-0.2, -0.15) is 0 Å². The number of halogens is 1. The monoisotopic (exact) mass is 368 g/mol. The molecule has 0 radical (unpaired) electrons. The van der Waals surface area contributed by atoms with Crippen molar-refractivity contribution in [2.24, 2.45) is 0 Å². The van der Waals surface area contributed by atoms with E-state index < -0.39 is 5.76 Å². The molecule has 1 aromatic carbocycles. The Labute approximate surface area is 134 Å². The summed E-state index contributed by atoms with van der Waals surface area (Å²) >= 11 is 4.84. The number of rotatable bonds is 5. The topological polar surface area (TPSA) is 65.1 Å². The van der Waals surface area contributed by atoms with Crippen LogP contribution in [0.2, 0.25) is 0 Å². The lowest BCUT2D eigenvalue weighted by molar-refractivity contribution is 0.102. The number of carbonyl (C=O) groups excluding carboxylic acids is 1. The Morgan fingerprint density at radius 3 is 2.71 bits per heavy atom. The van der Waals surface area contributed by atoms with Gasteiger partial charge in [0.1, 0.15) is 0 Å². The predicted molar refractivity (Wildman–Crippen MR) is 86.4 cm³/mol. The third kappa shape index (κ3) is 3.54. The molecule has 0 saturated heterocycles. The number of benzene rings is 1. The third-order valence-electron chi connectivity index (χ3n) is 2.69. The van der Waals surface area contributed by atoms with E-state index in [1.165, 1.54) is 16.3 Å². The third-order valence-corrected chi connectivity index (χ3v) is 4.06. The molecular formula is C14H13BrN2O3S. The van der Waals surface area contributed by atoms with E-state index >= 15 is 0 Å². The quantitative estimate of drug-likeness (QED) is 0.756. The molecule has 5 nitrogen and oxygen atoms in total. The van der Waals surface area contributed by atoms with Crippen LogP contribution in [-0.2, 0) is 0 Å². The Morgan fingerprint density at radius 2 is 2.10 bits per heavy atom. The van der Waals surface area contributed by atoms with Crippen molar-refractivity contribution in [3.8, 4) is 0 Å². The second kappa shape index (κ2) is 6.91. The smallest absolute Gasteiger partial charge is 0.295 e.